The molecular weight excluding hydrogens is 505 g/mol. The molecule has 0 spiro atoms. The number of rotatable bonds is 4. The van der Waals surface area contributed by atoms with Crippen molar-refractivity contribution in [3.63, 3.8) is 0 Å². The molecule has 7 nitrogen and oxygen atoms in total. The molecule has 0 aliphatic rings. The molecule has 37 heavy (non-hydrogen) atoms. The van der Waals surface area contributed by atoms with Crippen molar-refractivity contribution in [3.8, 4) is 11.3 Å². The number of anilines is 2. The van der Waals surface area contributed by atoms with Gasteiger partial charge in [0.05, 0.1) is 34.1 Å². The predicted molar refractivity (Wildman–Crippen MR) is 134 cm³/mol. The van der Waals surface area contributed by atoms with Gasteiger partial charge in [0.2, 0.25) is 0 Å². The van der Waals surface area contributed by atoms with Crippen molar-refractivity contribution >= 4 is 32.5 Å². The highest BCUT2D eigenvalue weighted by Crippen LogP contribution is 2.30. The third-order valence-electron chi connectivity index (χ3n) is 5.06. The highest BCUT2D eigenvalue weighted by molar-refractivity contribution is 7.85. The molecule has 0 fully saturated rings. The summed E-state index contributed by atoms with van der Waals surface area (Å²) in [5.41, 5.74) is 2.13. The highest BCUT2D eigenvalue weighted by Gasteiger charge is 2.29. The lowest BCUT2D eigenvalue weighted by Crippen LogP contribution is -2.04. The molecule has 0 amide bonds. The van der Waals surface area contributed by atoms with Gasteiger partial charge in [0.25, 0.3) is 10.1 Å². The Kier molecular flexibility index (Phi) is 7.46. The van der Waals surface area contributed by atoms with E-state index in [-0.39, 0.29) is 4.90 Å². The second-order valence-corrected chi connectivity index (χ2v) is 9.11. The first-order valence-electron chi connectivity index (χ1n) is 10.7. The fourth-order valence-corrected chi connectivity index (χ4v) is 3.78. The van der Waals surface area contributed by atoms with E-state index in [9.17, 15) is 21.6 Å². The largest absolute Gasteiger partial charge is 0.416 e. The molecule has 188 valence electrons. The Bertz CT molecular complexity index is 1610. The molecule has 0 bridgehead atoms. The number of nitrogens with zero attached hydrogens (tertiary/aromatic N) is 3. The van der Waals surface area contributed by atoms with Crippen LogP contribution in [0.15, 0.2) is 108 Å². The maximum atomic E-state index is 12.7. The maximum absolute atomic E-state index is 12.7. The van der Waals surface area contributed by atoms with E-state index in [1.807, 2.05) is 30.3 Å². The van der Waals surface area contributed by atoms with Crippen molar-refractivity contribution in [3.05, 3.63) is 109 Å². The molecule has 0 unspecified atom stereocenters. The van der Waals surface area contributed by atoms with Gasteiger partial charge in [0.15, 0.2) is 0 Å². The van der Waals surface area contributed by atoms with E-state index in [1.54, 1.807) is 30.6 Å². The summed E-state index contributed by atoms with van der Waals surface area (Å²) in [6.45, 7) is 0. The van der Waals surface area contributed by atoms with Gasteiger partial charge < -0.3 is 5.32 Å². The quantitative estimate of drug-likeness (QED) is 0.263. The second-order valence-electron chi connectivity index (χ2n) is 7.69. The van der Waals surface area contributed by atoms with Crippen LogP contribution in [0.5, 0.6) is 0 Å². The van der Waals surface area contributed by atoms with Gasteiger partial charge in [-0.3, -0.25) is 14.5 Å². The van der Waals surface area contributed by atoms with Gasteiger partial charge in [-0.05, 0) is 48.5 Å². The van der Waals surface area contributed by atoms with Gasteiger partial charge >= 0.3 is 6.18 Å². The van der Waals surface area contributed by atoms with Crippen LogP contribution in [-0.4, -0.2) is 27.9 Å². The smallest absolute Gasteiger partial charge is 0.339 e. The maximum Gasteiger partial charge on any atom is 0.416 e. The molecule has 0 saturated carbocycles. The van der Waals surface area contributed by atoms with Crippen molar-refractivity contribution < 1.29 is 26.1 Å². The third kappa shape index (κ3) is 6.87. The molecule has 2 aromatic heterocycles. The lowest BCUT2D eigenvalue weighted by Gasteiger charge is -2.10. The minimum Gasteiger partial charge on any atom is -0.339 e. The SMILES string of the molecule is FC(F)(F)c1ccc(Nc2cncc(-c3ccc4cccnc4c3)n2)cc1.O=S(=O)(O)c1ccccc1. The van der Waals surface area contributed by atoms with Gasteiger partial charge in [-0.25, -0.2) is 4.98 Å². The Morgan fingerprint density at radius 2 is 1.57 bits per heavy atom. The molecule has 2 heterocycles. The van der Waals surface area contributed by atoms with E-state index >= 15 is 0 Å². The molecular formula is C26H19F3N4O3S. The Labute approximate surface area is 210 Å². The van der Waals surface area contributed by atoms with Crippen LogP contribution in [0.3, 0.4) is 0 Å². The predicted octanol–water partition coefficient (Wildman–Crippen LogP) is 6.39. The summed E-state index contributed by atoms with van der Waals surface area (Å²) in [6.07, 6.45) is 0.505. The van der Waals surface area contributed by atoms with E-state index in [2.05, 4.69) is 20.3 Å². The first kappa shape index (κ1) is 25.7. The lowest BCUT2D eigenvalue weighted by atomic mass is 10.1. The number of pyridine rings is 1. The van der Waals surface area contributed by atoms with Gasteiger partial charge in [0.1, 0.15) is 5.82 Å². The summed E-state index contributed by atoms with van der Waals surface area (Å²) < 4.78 is 67.2. The van der Waals surface area contributed by atoms with E-state index in [0.717, 1.165) is 28.6 Å². The normalized spacial score (nSPS) is 11.5. The van der Waals surface area contributed by atoms with Crippen LogP contribution in [0.2, 0.25) is 0 Å². The number of alkyl halides is 3. The zero-order chi connectivity index (χ0) is 26.5. The van der Waals surface area contributed by atoms with Crippen LogP contribution in [-0.2, 0) is 16.3 Å². The zero-order valence-corrected chi connectivity index (χ0v) is 19.8. The first-order chi connectivity index (χ1) is 17.6. The first-order valence-corrected chi connectivity index (χ1v) is 12.2. The van der Waals surface area contributed by atoms with Crippen LogP contribution in [0.25, 0.3) is 22.2 Å². The molecule has 11 heteroatoms. The van der Waals surface area contributed by atoms with Crippen LogP contribution in [0.4, 0.5) is 24.7 Å². The van der Waals surface area contributed by atoms with Crippen molar-refractivity contribution in [2.75, 3.05) is 5.32 Å². The number of hydrogen-bond acceptors (Lipinski definition) is 6. The summed E-state index contributed by atoms with van der Waals surface area (Å²) in [5, 5.41) is 3.99. The standard InChI is InChI=1S/C20H13F3N4.C6H6O3S/c21-20(22,23)15-5-7-16(8-6-15)26-19-12-24-11-18(27-19)14-4-3-13-2-1-9-25-17(13)10-14;7-10(8,9)6-4-2-1-3-5-6/h1-12H,(H,26,27);1-5H,(H,7,8,9). The van der Waals surface area contributed by atoms with Gasteiger partial charge in [-0.2, -0.15) is 21.6 Å². The molecule has 0 aliphatic carbocycles. The van der Waals surface area contributed by atoms with E-state index in [1.165, 1.54) is 30.5 Å². The average Bonchev–Trinajstić information content (AvgIpc) is 2.89. The molecule has 3 aromatic carbocycles. The summed E-state index contributed by atoms with van der Waals surface area (Å²) in [6, 6.07) is 21.8. The van der Waals surface area contributed by atoms with Crippen LogP contribution in [0.1, 0.15) is 5.56 Å². The Balaban J connectivity index is 0.000000270. The number of benzene rings is 3. The van der Waals surface area contributed by atoms with Crippen molar-refractivity contribution in [1.29, 1.82) is 0 Å². The summed E-state index contributed by atoms with van der Waals surface area (Å²) in [7, 11) is -4.00. The number of nitrogens with one attached hydrogen (secondary N) is 1. The van der Waals surface area contributed by atoms with Crippen molar-refractivity contribution in [1.82, 2.24) is 15.0 Å². The monoisotopic (exact) mass is 524 g/mol. The second kappa shape index (κ2) is 10.7. The number of hydrogen-bond donors (Lipinski definition) is 2. The molecule has 5 aromatic rings. The summed E-state index contributed by atoms with van der Waals surface area (Å²) in [5.74, 6) is 0.438. The Hall–Kier alpha value is -4.35. The van der Waals surface area contributed by atoms with Gasteiger partial charge in [0, 0.05) is 22.8 Å². The average molecular weight is 525 g/mol. The number of fused-ring (bicyclic) bond motifs is 1. The third-order valence-corrected chi connectivity index (χ3v) is 5.93. The fourth-order valence-electron chi connectivity index (χ4n) is 3.27. The molecule has 5 rings (SSSR count). The summed E-state index contributed by atoms with van der Waals surface area (Å²) >= 11 is 0. The molecule has 0 saturated heterocycles. The lowest BCUT2D eigenvalue weighted by molar-refractivity contribution is -0.137. The van der Waals surface area contributed by atoms with E-state index in [4.69, 9.17) is 4.55 Å². The summed E-state index contributed by atoms with van der Waals surface area (Å²) in [4.78, 5) is 12.9. The van der Waals surface area contributed by atoms with Crippen molar-refractivity contribution in [2.45, 2.75) is 11.1 Å². The van der Waals surface area contributed by atoms with Gasteiger partial charge in [-0.1, -0.05) is 36.4 Å². The highest BCUT2D eigenvalue weighted by atomic mass is 32.2. The Morgan fingerprint density at radius 1 is 0.838 bits per heavy atom. The zero-order valence-electron chi connectivity index (χ0n) is 19.0. The number of aromatic nitrogens is 3. The fraction of sp³-hybridized carbons (Fsp3) is 0.0385. The van der Waals surface area contributed by atoms with Crippen LogP contribution >= 0.6 is 0 Å². The molecule has 2 N–H and O–H groups in total. The van der Waals surface area contributed by atoms with Gasteiger partial charge in [-0.15, -0.1) is 0 Å². The minimum atomic E-state index is -4.36. The van der Waals surface area contributed by atoms with E-state index < -0.39 is 21.9 Å². The molecule has 0 aliphatic heterocycles. The van der Waals surface area contributed by atoms with Crippen LogP contribution in [0, 0.1) is 0 Å². The Morgan fingerprint density at radius 3 is 2.22 bits per heavy atom. The topological polar surface area (TPSA) is 105 Å². The molecule has 0 atom stereocenters. The molecule has 0 radical (unpaired) electrons. The van der Waals surface area contributed by atoms with E-state index in [0.29, 0.717) is 17.2 Å². The minimum absolute atomic E-state index is 0.0741. The number of halogens is 3. The van der Waals surface area contributed by atoms with Crippen LogP contribution < -0.4 is 5.32 Å². The van der Waals surface area contributed by atoms with Crippen molar-refractivity contribution in [2.24, 2.45) is 0 Å².